The molecular weight excluding hydrogens is 226 g/mol. The van der Waals surface area contributed by atoms with Crippen LogP contribution in [0.2, 0.25) is 0 Å². The van der Waals surface area contributed by atoms with E-state index in [9.17, 15) is 14.4 Å². The van der Waals surface area contributed by atoms with Gasteiger partial charge in [0, 0.05) is 13.5 Å². The first-order chi connectivity index (χ1) is 7.69. The molecule has 0 aliphatic rings. The summed E-state index contributed by atoms with van der Waals surface area (Å²) in [7, 11) is 1.34. The Bertz CT molecular complexity index is 295. The molecule has 6 heteroatoms. The van der Waals surface area contributed by atoms with Crippen LogP contribution < -0.4 is 0 Å². The minimum Gasteiger partial charge on any atom is -0.480 e. The lowest BCUT2D eigenvalue weighted by atomic mass is 10.1. The number of amides is 1. The van der Waals surface area contributed by atoms with Crippen LogP contribution in [0, 0.1) is 0 Å². The predicted molar refractivity (Wildman–Crippen MR) is 60.7 cm³/mol. The van der Waals surface area contributed by atoms with Crippen LogP contribution in [0.1, 0.15) is 33.6 Å². The Hall–Kier alpha value is -1.59. The third-order valence-corrected chi connectivity index (χ3v) is 1.99. The van der Waals surface area contributed by atoms with E-state index in [1.165, 1.54) is 7.05 Å². The summed E-state index contributed by atoms with van der Waals surface area (Å²) in [6.45, 7) is 5.08. The van der Waals surface area contributed by atoms with Crippen molar-refractivity contribution in [3.8, 4) is 0 Å². The number of carbonyl (C=O) groups is 3. The van der Waals surface area contributed by atoms with Crippen molar-refractivity contribution in [1.82, 2.24) is 4.90 Å². The van der Waals surface area contributed by atoms with Crippen molar-refractivity contribution >= 4 is 18.3 Å². The lowest BCUT2D eigenvalue weighted by molar-refractivity contribution is -0.142. The molecule has 0 aromatic heterocycles. The van der Waals surface area contributed by atoms with Crippen LogP contribution in [-0.2, 0) is 14.3 Å². The van der Waals surface area contributed by atoms with E-state index in [1.54, 1.807) is 20.8 Å². The molecule has 0 rings (SSSR count). The maximum absolute atomic E-state index is 11.6. The van der Waals surface area contributed by atoms with Gasteiger partial charge in [-0.15, -0.1) is 0 Å². The third kappa shape index (κ3) is 5.89. The maximum atomic E-state index is 11.6. The molecule has 0 heterocycles. The average molecular weight is 245 g/mol. The van der Waals surface area contributed by atoms with Crippen molar-refractivity contribution in [3.05, 3.63) is 0 Å². The van der Waals surface area contributed by atoms with Crippen molar-refractivity contribution in [2.45, 2.75) is 45.3 Å². The Morgan fingerprint density at radius 2 is 1.94 bits per heavy atom. The number of rotatable bonds is 5. The number of carboxylic acids is 1. The number of hydrogen-bond acceptors (Lipinski definition) is 4. The van der Waals surface area contributed by atoms with Gasteiger partial charge in [0.05, 0.1) is 0 Å². The Kier molecular flexibility index (Phi) is 5.64. The van der Waals surface area contributed by atoms with E-state index in [1.807, 2.05) is 0 Å². The van der Waals surface area contributed by atoms with Crippen molar-refractivity contribution in [2.75, 3.05) is 7.05 Å². The molecular formula is C11H19NO5. The fourth-order valence-corrected chi connectivity index (χ4v) is 1.17. The average Bonchev–Trinajstić information content (AvgIpc) is 2.14. The second kappa shape index (κ2) is 6.22. The highest BCUT2D eigenvalue weighted by atomic mass is 16.6. The van der Waals surface area contributed by atoms with Crippen molar-refractivity contribution in [1.29, 1.82) is 0 Å². The van der Waals surface area contributed by atoms with Gasteiger partial charge in [-0.05, 0) is 27.2 Å². The minimum absolute atomic E-state index is 0.0780. The minimum atomic E-state index is -1.15. The van der Waals surface area contributed by atoms with Crippen molar-refractivity contribution in [2.24, 2.45) is 0 Å². The quantitative estimate of drug-likeness (QED) is 0.738. The summed E-state index contributed by atoms with van der Waals surface area (Å²) < 4.78 is 5.05. The zero-order valence-corrected chi connectivity index (χ0v) is 10.6. The van der Waals surface area contributed by atoms with Crippen LogP contribution in [0.15, 0.2) is 0 Å². The standard InChI is InChI=1S/C11H19NO5/c1-11(2,3)17-10(16)12(4)8(9(14)15)6-5-7-13/h7-8H,5-6H2,1-4H3,(H,14,15)/t8-/m0/s1. The molecule has 0 saturated heterocycles. The first-order valence-electron chi connectivity index (χ1n) is 5.31. The molecule has 0 saturated carbocycles. The number of nitrogens with zero attached hydrogens (tertiary/aromatic N) is 1. The normalized spacial score (nSPS) is 12.7. The van der Waals surface area contributed by atoms with E-state index in [2.05, 4.69) is 0 Å². The molecule has 0 aromatic rings. The van der Waals surface area contributed by atoms with Gasteiger partial charge < -0.3 is 14.6 Å². The second-order valence-electron chi connectivity index (χ2n) is 4.69. The second-order valence-corrected chi connectivity index (χ2v) is 4.69. The van der Waals surface area contributed by atoms with Gasteiger partial charge in [-0.3, -0.25) is 4.90 Å². The topological polar surface area (TPSA) is 83.9 Å². The summed E-state index contributed by atoms with van der Waals surface area (Å²) in [4.78, 5) is 33.8. The highest BCUT2D eigenvalue weighted by molar-refractivity contribution is 5.80. The molecule has 98 valence electrons. The molecule has 1 amide bonds. The third-order valence-electron chi connectivity index (χ3n) is 1.99. The molecule has 0 aliphatic heterocycles. The van der Waals surface area contributed by atoms with Crippen LogP contribution in [0.4, 0.5) is 4.79 Å². The monoisotopic (exact) mass is 245 g/mol. The van der Waals surface area contributed by atoms with E-state index in [0.29, 0.717) is 6.29 Å². The van der Waals surface area contributed by atoms with Gasteiger partial charge in [-0.25, -0.2) is 9.59 Å². The number of aldehydes is 1. The van der Waals surface area contributed by atoms with E-state index in [4.69, 9.17) is 9.84 Å². The number of ether oxygens (including phenoxy) is 1. The molecule has 0 bridgehead atoms. The molecule has 1 atom stereocenters. The highest BCUT2D eigenvalue weighted by Crippen LogP contribution is 2.12. The maximum Gasteiger partial charge on any atom is 0.410 e. The summed E-state index contributed by atoms with van der Waals surface area (Å²) in [5.74, 6) is -1.15. The molecule has 1 N–H and O–H groups in total. The van der Waals surface area contributed by atoms with Crippen LogP contribution >= 0.6 is 0 Å². The number of aliphatic carboxylic acids is 1. The first kappa shape index (κ1) is 15.4. The predicted octanol–water partition coefficient (Wildman–Crippen LogP) is 1.29. The van der Waals surface area contributed by atoms with Gasteiger partial charge in [-0.1, -0.05) is 0 Å². The van der Waals surface area contributed by atoms with Gasteiger partial charge in [0.15, 0.2) is 0 Å². The van der Waals surface area contributed by atoms with E-state index in [-0.39, 0.29) is 12.8 Å². The van der Waals surface area contributed by atoms with Gasteiger partial charge >= 0.3 is 12.1 Å². The number of hydrogen-bond donors (Lipinski definition) is 1. The van der Waals surface area contributed by atoms with Gasteiger partial charge in [0.25, 0.3) is 0 Å². The summed E-state index contributed by atoms with van der Waals surface area (Å²) in [6.07, 6.45) is 0.0770. The SMILES string of the molecule is CN(C(=O)OC(C)(C)C)[C@@H](CCC=O)C(=O)O. The lowest BCUT2D eigenvalue weighted by Gasteiger charge is -2.28. The molecule has 0 spiro atoms. The number of carbonyl (C=O) groups excluding carboxylic acids is 2. The van der Waals surface area contributed by atoms with Gasteiger partial charge in [0.2, 0.25) is 0 Å². The summed E-state index contributed by atoms with van der Waals surface area (Å²) in [6, 6.07) is -1.05. The highest BCUT2D eigenvalue weighted by Gasteiger charge is 2.29. The van der Waals surface area contributed by atoms with Gasteiger partial charge in [0.1, 0.15) is 17.9 Å². The molecule has 0 fully saturated rings. The Labute approximate surface area is 101 Å². The first-order valence-corrected chi connectivity index (χ1v) is 5.31. The fraction of sp³-hybridized carbons (Fsp3) is 0.727. The lowest BCUT2D eigenvalue weighted by Crippen LogP contribution is -2.44. The molecule has 0 radical (unpaired) electrons. The Balaban J connectivity index is 4.60. The van der Waals surface area contributed by atoms with Crippen LogP contribution in [0.25, 0.3) is 0 Å². The largest absolute Gasteiger partial charge is 0.480 e. The smallest absolute Gasteiger partial charge is 0.410 e. The molecule has 0 unspecified atom stereocenters. The molecule has 0 aliphatic carbocycles. The van der Waals surface area contributed by atoms with E-state index >= 15 is 0 Å². The molecule has 17 heavy (non-hydrogen) atoms. The van der Waals surface area contributed by atoms with Gasteiger partial charge in [-0.2, -0.15) is 0 Å². The van der Waals surface area contributed by atoms with Crippen LogP contribution in [0.3, 0.4) is 0 Å². The van der Waals surface area contributed by atoms with E-state index in [0.717, 1.165) is 4.90 Å². The van der Waals surface area contributed by atoms with Crippen LogP contribution in [-0.4, -0.2) is 47.0 Å². The fourth-order valence-electron chi connectivity index (χ4n) is 1.17. The molecule has 6 nitrogen and oxygen atoms in total. The summed E-state index contributed by atoms with van der Waals surface area (Å²) >= 11 is 0. The Morgan fingerprint density at radius 3 is 2.29 bits per heavy atom. The van der Waals surface area contributed by atoms with Crippen LogP contribution in [0.5, 0.6) is 0 Å². The zero-order valence-electron chi connectivity index (χ0n) is 10.6. The number of likely N-dealkylation sites (N-methyl/N-ethyl adjacent to an activating group) is 1. The number of carboxylic acid groups (broad SMARTS) is 1. The van der Waals surface area contributed by atoms with E-state index < -0.39 is 23.7 Å². The Morgan fingerprint density at radius 1 is 1.41 bits per heavy atom. The zero-order chi connectivity index (χ0) is 13.6. The molecule has 0 aromatic carbocycles. The summed E-state index contributed by atoms with van der Waals surface area (Å²) in [5.41, 5.74) is -0.681. The van der Waals surface area contributed by atoms with Crippen molar-refractivity contribution < 1.29 is 24.2 Å². The summed E-state index contributed by atoms with van der Waals surface area (Å²) in [5, 5.41) is 8.95. The van der Waals surface area contributed by atoms with Crippen molar-refractivity contribution in [3.63, 3.8) is 0 Å².